The lowest BCUT2D eigenvalue weighted by molar-refractivity contribution is -0.128. The molecule has 0 unspecified atom stereocenters. The smallest absolute Gasteiger partial charge is 0.243 e. The first-order valence-electron chi connectivity index (χ1n) is 12.5. The molecule has 1 aromatic carbocycles. The molecule has 0 spiro atoms. The molecule has 1 saturated heterocycles. The normalized spacial score (nSPS) is 20.4. The van der Waals surface area contributed by atoms with Crippen molar-refractivity contribution in [3.8, 4) is 0 Å². The van der Waals surface area contributed by atoms with Gasteiger partial charge in [0, 0.05) is 36.8 Å². The second-order valence-electron chi connectivity index (χ2n) is 10.6. The molecular weight excluding hydrogens is 450 g/mol. The number of likely N-dealkylation sites (tertiary alicyclic amines) is 1. The summed E-state index contributed by atoms with van der Waals surface area (Å²) in [6, 6.07) is 9.07. The Labute approximate surface area is 202 Å². The minimum absolute atomic E-state index is 0.00838. The zero-order valence-corrected chi connectivity index (χ0v) is 21.0. The van der Waals surface area contributed by atoms with E-state index in [0.717, 1.165) is 62.9 Å². The van der Waals surface area contributed by atoms with Crippen LogP contribution in [0.4, 0.5) is 5.69 Å². The molecule has 1 amide bonds. The zero-order chi connectivity index (χ0) is 23.9. The van der Waals surface area contributed by atoms with Gasteiger partial charge in [0.05, 0.1) is 24.2 Å². The summed E-state index contributed by atoms with van der Waals surface area (Å²) in [6.07, 6.45) is 7.59. The van der Waals surface area contributed by atoms with Crippen molar-refractivity contribution in [1.29, 1.82) is 0 Å². The largest absolute Gasteiger partial charge is 0.468 e. The summed E-state index contributed by atoms with van der Waals surface area (Å²) in [5.41, 5.74) is 1.72. The molecule has 1 aromatic heterocycles. The SMILES string of the molecule is CC1(C)CN(CC(=O)N2CCCC2)c2ccc(S(=O)(=O)N(Cc3ccco3)C3CCCC3)cc21. The lowest BCUT2D eigenvalue weighted by Crippen LogP contribution is -2.40. The number of benzene rings is 1. The molecule has 2 aliphatic heterocycles. The van der Waals surface area contributed by atoms with Crippen LogP contribution >= 0.6 is 0 Å². The maximum atomic E-state index is 13.9. The number of hydrogen-bond acceptors (Lipinski definition) is 5. The third-order valence-electron chi connectivity index (χ3n) is 7.64. The Morgan fingerprint density at radius 3 is 2.53 bits per heavy atom. The Kier molecular flexibility index (Phi) is 6.23. The summed E-state index contributed by atoms with van der Waals surface area (Å²) >= 11 is 0. The number of hydrogen-bond donors (Lipinski definition) is 0. The van der Waals surface area contributed by atoms with Crippen molar-refractivity contribution in [2.24, 2.45) is 0 Å². The first-order valence-corrected chi connectivity index (χ1v) is 13.9. The van der Waals surface area contributed by atoms with E-state index < -0.39 is 10.0 Å². The lowest BCUT2D eigenvalue weighted by atomic mass is 9.87. The van der Waals surface area contributed by atoms with E-state index in [9.17, 15) is 13.2 Å². The minimum atomic E-state index is -3.71. The molecule has 34 heavy (non-hydrogen) atoms. The van der Waals surface area contributed by atoms with Crippen molar-refractivity contribution in [3.63, 3.8) is 0 Å². The van der Waals surface area contributed by atoms with E-state index in [0.29, 0.717) is 23.7 Å². The van der Waals surface area contributed by atoms with Gasteiger partial charge in [0.1, 0.15) is 5.76 Å². The average molecular weight is 486 g/mol. The Hall–Kier alpha value is -2.32. The van der Waals surface area contributed by atoms with Gasteiger partial charge in [0.25, 0.3) is 0 Å². The number of carbonyl (C=O) groups is 1. The van der Waals surface area contributed by atoms with Crippen LogP contribution in [0.3, 0.4) is 0 Å². The number of nitrogens with zero attached hydrogens (tertiary/aromatic N) is 3. The van der Waals surface area contributed by atoms with Gasteiger partial charge in [-0.2, -0.15) is 4.31 Å². The highest BCUT2D eigenvalue weighted by molar-refractivity contribution is 7.89. The van der Waals surface area contributed by atoms with Crippen molar-refractivity contribution < 1.29 is 17.6 Å². The van der Waals surface area contributed by atoms with Gasteiger partial charge in [0.15, 0.2) is 0 Å². The first kappa shape index (κ1) is 23.4. The summed E-state index contributed by atoms with van der Waals surface area (Å²) in [4.78, 5) is 17.2. The molecule has 3 aliphatic rings. The van der Waals surface area contributed by atoms with Crippen LogP contribution in [-0.4, -0.2) is 55.8 Å². The zero-order valence-electron chi connectivity index (χ0n) is 20.2. The maximum absolute atomic E-state index is 13.9. The number of furan rings is 1. The van der Waals surface area contributed by atoms with Gasteiger partial charge < -0.3 is 14.2 Å². The van der Waals surface area contributed by atoms with Crippen molar-refractivity contribution in [2.45, 2.75) is 75.3 Å². The molecule has 0 bridgehead atoms. The molecular formula is C26H35N3O4S. The van der Waals surface area contributed by atoms with Crippen molar-refractivity contribution >= 4 is 21.6 Å². The standard InChI is InChI=1S/C26H35N3O4S/c1-26(2)19-28(18-25(30)27-13-5-6-14-27)24-12-11-22(16-23(24)26)34(31,32)29(20-8-3-4-9-20)17-21-10-7-15-33-21/h7,10-12,15-16,20H,3-6,8-9,13-14,17-19H2,1-2H3. The molecule has 0 atom stereocenters. The number of anilines is 1. The van der Waals surface area contributed by atoms with Gasteiger partial charge in [-0.05, 0) is 61.6 Å². The Morgan fingerprint density at radius 2 is 1.85 bits per heavy atom. The highest BCUT2D eigenvalue weighted by Gasteiger charge is 2.39. The first-order chi connectivity index (χ1) is 16.3. The predicted octanol–water partition coefficient (Wildman–Crippen LogP) is 4.13. The monoisotopic (exact) mass is 485 g/mol. The molecule has 184 valence electrons. The van der Waals surface area contributed by atoms with E-state index in [1.165, 1.54) is 0 Å². The van der Waals surface area contributed by atoms with Gasteiger partial charge in [0.2, 0.25) is 15.9 Å². The fraction of sp³-hybridized carbons (Fsp3) is 0.577. The molecule has 2 fully saturated rings. The summed E-state index contributed by atoms with van der Waals surface area (Å²) in [7, 11) is -3.71. The molecule has 1 aliphatic carbocycles. The van der Waals surface area contributed by atoms with Gasteiger partial charge >= 0.3 is 0 Å². The van der Waals surface area contributed by atoms with E-state index in [-0.39, 0.29) is 23.9 Å². The van der Waals surface area contributed by atoms with E-state index in [1.807, 2.05) is 23.1 Å². The molecule has 1 saturated carbocycles. The van der Waals surface area contributed by atoms with E-state index in [2.05, 4.69) is 18.7 Å². The molecule has 3 heterocycles. The highest BCUT2D eigenvalue weighted by atomic mass is 32.2. The summed E-state index contributed by atoms with van der Waals surface area (Å²) in [6.45, 7) is 7.22. The molecule has 8 heteroatoms. The maximum Gasteiger partial charge on any atom is 0.243 e. The van der Waals surface area contributed by atoms with Crippen molar-refractivity contribution in [2.75, 3.05) is 31.1 Å². The van der Waals surface area contributed by atoms with Crippen LogP contribution < -0.4 is 4.90 Å². The van der Waals surface area contributed by atoms with Crippen LogP contribution in [0.5, 0.6) is 0 Å². The summed E-state index contributed by atoms with van der Waals surface area (Å²) < 4.78 is 34.9. The van der Waals surface area contributed by atoms with Gasteiger partial charge in [-0.3, -0.25) is 4.79 Å². The quantitative estimate of drug-likeness (QED) is 0.590. The third-order valence-corrected chi connectivity index (χ3v) is 9.53. The summed E-state index contributed by atoms with van der Waals surface area (Å²) in [5, 5.41) is 0. The van der Waals surface area contributed by atoms with Gasteiger partial charge in [-0.15, -0.1) is 0 Å². The number of rotatable bonds is 7. The lowest BCUT2D eigenvalue weighted by Gasteiger charge is -2.28. The second kappa shape index (κ2) is 9.04. The fourth-order valence-corrected chi connectivity index (χ4v) is 7.48. The number of carbonyl (C=O) groups excluding carboxylic acids is 1. The molecule has 5 rings (SSSR count). The average Bonchev–Trinajstić information content (AvgIpc) is 3.60. The van der Waals surface area contributed by atoms with Gasteiger partial charge in [-0.25, -0.2) is 8.42 Å². The predicted molar refractivity (Wildman–Crippen MR) is 131 cm³/mol. The fourth-order valence-electron chi connectivity index (χ4n) is 5.81. The van der Waals surface area contributed by atoms with Crippen molar-refractivity contribution in [1.82, 2.24) is 9.21 Å². The Balaban J connectivity index is 1.44. The molecule has 0 radical (unpaired) electrons. The third kappa shape index (κ3) is 4.38. The molecule has 0 N–H and O–H groups in total. The van der Waals surface area contributed by atoms with E-state index in [1.54, 1.807) is 22.7 Å². The molecule has 2 aromatic rings. The minimum Gasteiger partial charge on any atom is -0.468 e. The number of sulfonamides is 1. The van der Waals surface area contributed by atoms with E-state index in [4.69, 9.17) is 4.42 Å². The summed E-state index contributed by atoms with van der Waals surface area (Å²) in [5.74, 6) is 0.812. The van der Waals surface area contributed by atoms with Gasteiger partial charge in [-0.1, -0.05) is 26.7 Å². The van der Waals surface area contributed by atoms with Crippen LogP contribution in [0, 0.1) is 0 Å². The van der Waals surface area contributed by atoms with Crippen LogP contribution in [0.15, 0.2) is 45.9 Å². The van der Waals surface area contributed by atoms with Crippen molar-refractivity contribution in [3.05, 3.63) is 47.9 Å². The topological polar surface area (TPSA) is 74.1 Å². The molecule has 7 nitrogen and oxygen atoms in total. The van der Waals surface area contributed by atoms with Crippen LogP contribution in [0.25, 0.3) is 0 Å². The van der Waals surface area contributed by atoms with E-state index >= 15 is 0 Å². The number of fused-ring (bicyclic) bond motifs is 1. The number of amides is 1. The second-order valence-corrected chi connectivity index (χ2v) is 12.5. The van der Waals surface area contributed by atoms with Crippen LogP contribution in [-0.2, 0) is 26.8 Å². The Morgan fingerprint density at radius 1 is 1.12 bits per heavy atom. The highest BCUT2D eigenvalue weighted by Crippen LogP contribution is 2.42. The Bertz CT molecular complexity index is 1130. The van der Waals surface area contributed by atoms with Crippen LogP contribution in [0.2, 0.25) is 0 Å². The van der Waals surface area contributed by atoms with Crippen LogP contribution in [0.1, 0.15) is 63.7 Å².